The molecule has 2 nitrogen and oxygen atoms in total. The van der Waals surface area contributed by atoms with Gasteiger partial charge in [0.25, 0.3) is 0 Å². The van der Waals surface area contributed by atoms with Gasteiger partial charge in [0.05, 0.1) is 11.4 Å². The van der Waals surface area contributed by atoms with Crippen molar-refractivity contribution >= 4 is 32.3 Å². The van der Waals surface area contributed by atoms with Gasteiger partial charge in [-0.15, -0.1) is 0 Å². The molecule has 0 N–H and O–H groups in total. The Morgan fingerprint density at radius 1 is 0.250 bits per heavy atom. The third-order valence-corrected chi connectivity index (χ3v) is 11.7. The Kier molecular flexibility index (Phi) is 8.87. The predicted molar refractivity (Wildman–Crippen MR) is 253 cm³/mol. The molecular formula is C58H38N2. The van der Waals surface area contributed by atoms with Crippen molar-refractivity contribution in [2.24, 2.45) is 0 Å². The van der Waals surface area contributed by atoms with Gasteiger partial charge >= 0.3 is 0 Å². The number of hydrogen-bond acceptors (Lipinski definition) is 2. The van der Waals surface area contributed by atoms with Gasteiger partial charge in [0.1, 0.15) is 0 Å². The minimum Gasteiger partial charge on any atom is -0.228 e. The molecule has 0 spiro atoms. The van der Waals surface area contributed by atoms with Crippen LogP contribution in [-0.2, 0) is 0 Å². The molecule has 10 aromatic carbocycles. The molecule has 11 rings (SSSR count). The number of nitrogens with zero attached hydrogens (tertiary/aromatic N) is 2. The zero-order chi connectivity index (χ0) is 39.8. The first-order valence-electron chi connectivity index (χ1n) is 20.5. The molecule has 0 saturated carbocycles. The van der Waals surface area contributed by atoms with Gasteiger partial charge in [-0.1, -0.05) is 224 Å². The maximum absolute atomic E-state index is 5.15. The number of benzene rings is 10. The van der Waals surface area contributed by atoms with Gasteiger partial charge in [0, 0.05) is 16.7 Å². The van der Waals surface area contributed by atoms with Gasteiger partial charge in [0.15, 0.2) is 5.82 Å². The molecule has 0 aliphatic heterocycles. The molecule has 0 radical (unpaired) electrons. The average molecular weight is 763 g/mol. The normalized spacial score (nSPS) is 11.3. The lowest BCUT2D eigenvalue weighted by atomic mass is 9.84. The van der Waals surface area contributed by atoms with Crippen LogP contribution < -0.4 is 0 Å². The SMILES string of the molecule is c1ccc(-c2nc(-c3ccc(-c4ccc(-c5c6ccccc6c(-c6ccccc6)c6c5ccc5ccccc56)cc4)cc3)cc(-c3ccccc3-c3ccccc3)n2)cc1. The Morgan fingerprint density at radius 3 is 1.38 bits per heavy atom. The minimum atomic E-state index is 0.704. The third-order valence-electron chi connectivity index (χ3n) is 11.7. The number of fused-ring (bicyclic) bond motifs is 4. The summed E-state index contributed by atoms with van der Waals surface area (Å²) in [5, 5.41) is 7.57. The van der Waals surface area contributed by atoms with Crippen molar-refractivity contribution < 1.29 is 0 Å². The summed E-state index contributed by atoms with van der Waals surface area (Å²) in [6.07, 6.45) is 0. The molecule has 2 heteroatoms. The summed E-state index contributed by atoms with van der Waals surface area (Å²) in [6.45, 7) is 0. The first kappa shape index (κ1) is 35.2. The van der Waals surface area contributed by atoms with Gasteiger partial charge in [-0.25, -0.2) is 9.97 Å². The predicted octanol–water partition coefficient (Wildman–Crippen LogP) is 15.6. The van der Waals surface area contributed by atoms with E-state index in [4.69, 9.17) is 9.97 Å². The summed E-state index contributed by atoms with van der Waals surface area (Å²) in [5.41, 5.74) is 14.5. The summed E-state index contributed by atoms with van der Waals surface area (Å²) in [4.78, 5) is 10.3. The van der Waals surface area contributed by atoms with Gasteiger partial charge in [0.2, 0.25) is 0 Å². The van der Waals surface area contributed by atoms with Crippen molar-refractivity contribution in [2.75, 3.05) is 0 Å². The molecule has 0 bridgehead atoms. The number of hydrogen-bond donors (Lipinski definition) is 0. The highest BCUT2D eigenvalue weighted by atomic mass is 14.9. The van der Waals surface area contributed by atoms with E-state index in [-0.39, 0.29) is 0 Å². The quantitative estimate of drug-likeness (QED) is 0.119. The standard InChI is InChI=1S/C58H38N2/c1-4-16-41(17-5-1)47-23-12-13-25-49(47)54-38-53(59-58(60-54)46-21-8-3-9-22-46)43-32-28-39(29-33-43)40-30-34-45(35-31-40)55-50-26-14-15-27-51(50)56(44-19-6-2-7-20-44)57-48-24-11-10-18-42(48)36-37-52(55)57/h1-38H. The highest BCUT2D eigenvalue weighted by molar-refractivity contribution is 6.27. The molecule has 0 amide bonds. The van der Waals surface area contributed by atoms with Gasteiger partial charge in [-0.05, 0) is 82.9 Å². The maximum atomic E-state index is 5.15. The fraction of sp³-hybridized carbons (Fsp3) is 0. The Hall–Kier alpha value is -7.94. The van der Waals surface area contributed by atoms with E-state index >= 15 is 0 Å². The van der Waals surface area contributed by atoms with Crippen molar-refractivity contribution in [1.82, 2.24) is 9.97 Å². The molecule has 1 aromatic heterocycles. The number of rotatable bonds is 7. The molecule has 1 heterocycles. The van der Waals surface area contributed by atoms with Crippen molar-refractivity contribution in [3.8, 4) is 78.4 Å². The van der Waals surface area contributed by atoms with Crippen molar-refractivity contribution in [1.29, 1.82) is 0 Å². The monoisotopic (exact) mass is 762 g/mol. The van der Waals surface area contributed by atoms with Crippen LogP contribution in [0.2, 0.25) is 0 Å². The third kappa shape index (κ3) is 6.32. The minimum absolute atomic E-state index is 0.704. The van der Waals surface area contributed by atoms with Gasteiger partial charge in [-0.2, -0.15) is 0 Å². The molecule has 0 atom stereocenters. The second-order valence-electron chi connectivity index (χ2n) is 15.3. The Morgan fingerprint density at radius 2 is 0.717 bits per heavy atom. The molecule has 0 aliphatic carbocycles. The van der Waals surface area contributed by atoms with Crippen LogP contribution in [0.1, 0.15) is 0 Å². The van der Waals surface area contributed by atoms with Crippen LogP contribution in [0.5, 0.6) is 0 Å². The summed E-state index contributed by atoms with van der Waals surface area (Å²) in [5.74, 6) is 0.704. The van der Waals surface area contributed by atoms with Crippen LogP contribution in [0.4, 0.5) is 0 Å². The molecule has 0 fully saturated rings. The molecule has 60 heavy (non-hydrogen) atoms. The molecule has 0 aliphatic rings. The smallest absolute Gasteiger partial charge is 0.160 e. The highest BCUT2D eigenvalue weighted by Crippen LogP contribution is 2.46. The van der Waals surface area contributed by atoms with E-state index < -0.39 is 0 Å². The Balaban J connectivity index is 0.995. The molecule has 0 unspecified atom stereocenters. The van der Waals surface area contributed by atoms with Crippen molar-refractivity contribution in [2.45, 2.75) is 0 Å². The average Bonchev–Trinajstić information content (AvgIpc) is 3.34. The van der Waals surface area contributed by atoms with E-state index in [0.29, 0.717) is 5.82 Å². The Labute approximate surface area is 349 Å². The van der Waals surface area contributed by atoms with E-state index in [9.17, 15) is 0 Å². The van der Waals surface area contributed by atoms with Crippen LogP contribution in [0.25, 0.3) is 111 Å². The van der Waals surface area contributed by atoms with E-state index in [1.54, 1.807) is 0 Å². The van der Waals surface area contributed by atoms with Crippen LogP contribution in [-0.4, -0.2) is 9.97 Å². The van der Waals surface area contributed by atoms with E-state index in [1.807, 2.05) is 18.2 Å². The first-order valence-corrected chi connectivity index (χ1v) is 20.5. The fourth-order valence-corrected chi connectivity index (χ4v) is 8.85. The second-order valence-corrected chi connectivity index (χ2v) is 15.3. The lowest BCUT2D eigenvalue weighted by Gasteiger charge is -2.19. The first-order chi connectivity index (χ1) is 29.8. The van der Waals surface area contributed by atoms with Gasteiger partial charge < -0.3 is 0 Å². The molecule has 0 saturated heterocycles. The van der Waals surface area contributed by atoms with Crippen LogP contribution in [0.15, 0.2) is 231 Å². The lowest BCUT2D eigenvalue weighted by molar-refractivity contribution is 1.18. The zero-order valence-electron chi connectivity index (χ0n) is 32.8. The second kappa shape index (κ2) is 15.1. The Bertz CT molecular complexity index is 3320. The molecule has 11 aromatic rings. The summed E-state index contributed by atoms with van der Waals surface area (Å²) < 4.78 is 0. The van der Waals surface area contributed by atoms with E-state index in [0.717, 1.165) is 50.3 Å². The summed E-state index contributed by atoms with van der Waals surface area (Å²) >= 11 is 0. The zero-order valence-corrected chi connectivity index (χ0v) is 32.8. The van der Waals surface area contributed by atoms with E-state index in [2.05, 4.69) is 212 Å². The summed E-state index contributed by atoms with van der Waals surface area (Å²) in [6, 6.07) is 82.3. The summed E-state index contributed by atoms with van der Waals surface area (Å²) in [7, 11) is 0. The van der Waals surface area contributed by atoms with Crippen molar-refractivity contribution in [3.63, 3.8) is 0 Å². The maximum Gasteiger partial charge on any atom is 0.160 e. The van der Waals surface area contributed by atoms with Crippen LogP contribution >= 0.6 is 0 Å². The number of aromatic nitrogens is 2. The molecular weight excluding hydrogens is 725 g/mol. The highest BCUT2D eigenvalue weighted by Gasteiger charge is 2.19. The molecule has 280 valence electrons. The largest absolute Gasteiger partial charge is 0.228 e. The van der Waals surface area contributed by atoms with Gasteiger partial charge in [-0.3, -0.25) is 0 Å². The van der Waals surface area contributed by atoms with E-state index in [1.165, 1.54) is 54.6 Å². The lowest BCUT2D eigenvalue weighted by Crippen LogP contribution is -1.97. The fourth-order valence-electron chi connectivity index (χ4n) is 8.85. The topological polar surface area (TPSA) is 25.8 Å². The van der Waals surface area contributed by atoms with Crippen molar-refractivity contribution in [3.05, 3.63) is 231 Å². The van der Waals surface area contributed by atoms with Crippen LogP contribution in [0, 0.1) is 0 Å². The van der Waals surface area contributed by atoms with Crippen LogP contribution in [0.3, 0.4) is 0 Å².